The van der Waals surface area contributed by atoms with Crippen LogP contribution in [0.1, 0.15) is 11.9 Å². The van der Waals surface area contributed by atoms with Crippen LogP contribution in [0.4, 0.5) is 5.13 Å². The molecule has 10 heteroatoms. The highest BCUT2D eigenvalue weighted by Gasteiger charge is 2.20. The molecule has 18 heavy (non-hydrogen) atoms. The number of thiophene rings is 1. The molecule has 0 aliphatic rings. The summed E-state index contributed by atoms with van der Waals surface area (Å²) in [5, 5.41) is 9.01. The minimum Gasteiger partial charge on any atom is -0.253 e. The minimum absolute atomic E-state index is 0.132. The van der Waals surface area contributed by atoms with Crippen molar-refractivity contribution in [3.8, 4) is 0 Å². The van der Waals surface area contributed by atoms with E-state index in [2.05, 4.69) is 30.8 Å². The Labute approximate surface area is 125 Å². The topological polar surface area (TPSA) is 72.0 Å². The van der Waals surface area contributed by atoms with E-state index < -0.39 is 10.0 Å². The molecule has 0 saturated heterocycles. The van der Waals surface area contributed by atoms with Crippen LogP contribution in [0, 0.1) is 0 Å². The van der Waals surface area contributed by atoms with E-state index in [0.29, 0.717) is 8.81 Å². The molecule has 98 valence electrons. The van der Waals surface area contributed by atoms with Crippen LogP contribution in [-0.4, -0.2) is 18.6 Å². The van der Waals surface area contributed by atoms with Crippen LogP contribution in [0.5, 0.6) is 0 Å². The van der Waals surface area contributed by atoms with Gasteiger partial charge in [0.1, 0.15) is 9.22 Å². The van der Waals surface area contributed by atoms with Gasteiger partial charge in [0.05, 0.1) is 8.81 Å². The molecule has 0 unspecified atom stereocenters. The van der Waals surface area contributed by atoms with Crippen molar-refractivity contribution in [3.05, 3.63) is 19.9 Å². The van der Waals surface area contributed by atoms with Crippen molar-refractivity contribution < 1.29 is 8.42 Å². The van der Waals surface area contributed by atoms with Crippen LogP contribution < -0.4 is 4.72 Å². The first-order valence-electron chi connectivity index (χ1n) is 4.72. The monoisotopic (exact) mass is 387 g/mol. The molecule has 0 fully saturated rings. The average molecular weight is 389 g/mol. The van der Waals surface area contributed by atoms with Gasteiger partial charge in [-0.15, -0.1) is 21.5 Å². The van der Waals surface area contributed by atoms with E-state index >= 15 is 0 Å². The Kier molecular flexibility index (Phi) is 4.27. The Morgan fingerprint density at radius 1 is 1.44 bits per heavy atom. The quantitative estimate of drug-likeness (QED) is 0.871. The van der Waals surface area contributed by atoms with Gasteiger partial charge < -0.3 is 0 Å². The summed E-state index contributed by atoms with van der Waals surface area (Å²) in [5.41, 5.74) is 0. The summed E-state index contributed by atoms with van der Waals surface area (Å²) in [6.45, 7) is 1.93. The fourth-order valence-electron chi connectivity index (χ4n) is 1.06. The number of hydrogen-bond donors (Lipinski definition) is 1. The molecule has 2 rings (SSSR count). The maximum absolute atomic E-state index is 12.0. The fourth-order valence-corrected chi connectivity index (χ4v) is 5.37. The Morgan fingerprint density at radius 3 is 2.67 bits per heavy atom. The molecule has 0 bridgehead atoms. The second kappa shape index (κ2) is 5.41. The van der Waals surface area contributed by atoms with Crippen LogP contribution >= 0.6 is 50.2 Å². The third kappa shape index (κ3) is 3.02. The smallest absolute Gasteiger partial charge is 0.253 e. The molecular formula is C8H7BrClN3O2S3. The van der Waals surface area contributed by atoms with Gasteiger partial charge in [0.15, 0.2) is 0 Å². The number of sulfonamides is 1. The van der Waals surface area contributed by atoms with Crippen molar-refractivity contribution >= 4 is 65.4 Å². The predicted octanol–water partition coefficient (Wildman–Crippen LogP) is 3.38. The lowest BCUT2D eigenvalue weighted by molar-refractivity contribution is 0.603. The van der Waals surface area contributed by atoms with E-state index in [0.717, 1.165) is 22.8 Å². The zero-order valence-electron chi connectivity index (χ0n) is 8.98. The molecule has 0 radical (unpaired) electrons. The fraction of sp³-hybridized carbons (Fsp3) is 0.250. The predicted molar refractivity (Wildman–Crippen MR) is 77.1 cm³/mol. The van der Waals surface area contributed by atoms with Gasteiger partial charge in [0, 0.05) is 0 Å². The first-order chi connectivity index (χ1) is 8.42. The number of aromatic nitrogens is 2. The molecule has 0 atom stereocenters. The van der Waals surface area contributed by atoms with Gasteiger partial charge in [-0.25, -0.2) is 8.42 Å². The number of nitrogens with one attached hydrogen (secondary N) is 1. The summed E-state index contributed by atoms with van der Waals surface area (Å²) < 4.78 is 27.1. The molecule has 2 aromatic rings. The van der Waals surface area contributed by atoms with Gasteiger partial charge in [0.2, 0.25) is 5.13 Å². The van der Waals surface area contributed by atoms with Crippen LogP contribution in [-0.2, 0) is 16.4 Å². The van der Waals surface area contributed by atoms with Gasteiger partial charge >= 0.3 is 0 Å². The summed E-state index contributed by atoms with van der Waals surface area (Å²) in [4.78, 5) is 0. The summed E-state index contributed by atoms with van der Waals surface area (Å²) >= 11 is 11.2. The van der Waals surface area contributed by atoms with E-state index in [1.807, 2.05) is 6.92 Å². The van der Waals surface area contributed by atoms with E-state index in [-0.39, 0.29) is 9.34 Å². The Balaban J connectivity index is 2.26. The lowest BCUT2D eigenvalue weighted by Crippen LogP contribution is -2.11. The number of halogens is 2. The van der Waals surface area contributed by atoms with Crippen LogP contribution in [0.15, 0.2) is 14.1 Å². The van der Waals surface area contributed by atoms with E-state index in [1.165, 1.54) is 17.4 Å². The van der Waals surface area contributed by atoms with Gasteiger partial charge in [0.25, 0.3) is 10.0 Å². The van der Waals surface area contributed by atoms with Crippen molar-refractivity contribution in [2.75, 3.05) is 4.72 Å². The number of nitrogens with zero attached hydrogens (tertiary/aromatic N) is 2. The minimum atomic E-state index is -3.65. The number of hydrogen-bond acceptors (Lipinski definition) is 6. The van der Waals surface area contributed by atoms with Crippen molar-refractivity contribution in [1.82, 2.24) is 10.2 Å². The first-order valence-corrected chi connectivity index (χ1v) is 9.01. The maximum Gasteiger partial charge on any atom is 0.273 e. The first kappa shape index (κ1) is 14.2. The van der Waals surface area contributed by atoms with Crippen LogP contribution in [0.3, 0.4) is 0 Å². The van der Waals surface area contributed by atoms with Crippen LogP contribution in [0.2, 0.25) is 5.02 Å². The number of anilines is 1. The highest BCUT2D eigenvalue weighted by Crippen LogP contribution is 2.35. The third-order valence-corrected chi connectivity index (χ3v) is 7.28. The summed E-state index contributed by atoms with van der Waals surface area (Å²) in [7, 11) is -3.65. The average Bonchev–Trinajstić information content (AvgIpc) is 2.87. The Morgan fingerprint density at radius 2 is 2.17 bits per heavy atom. The lowest BCUT2D eigenvalue weighted by atomic mass is 10.5. The molecule has 1 N–H and O–H groups in total. The molecular weight excluding hydrogens is 382 g/mol. The third-order valence-electron chi connectivity index (χ3n) is 1.88. The highest BCUT2D eigenvalue weighted by molar-refractivity contribution is 9.11. The van der Waals surface area contributed by atoms with Crippen molar-refractivity contribution in [2.24, 2.45) is 0 Å². The zero-order chi connectivity index (χ0) is 13.3. The molecule has 0 aliphatic carbocycles. The van der Waals surface area contributed by atoms with E-state index in [9.17, 15) is 8.42 Å². The Hall–Kier alpha value is -0.220. The molecule has 0 aliphatic heterocycles. The second-order valence-electron chi connectivity index (χ2n) is 3.15. The summed E-state index contributed by atoms with van der Waals surface area (Å²) in [5.74, 6) is 0. The van der Waals surface area contributed by atoms with E-state index in [4.69, 9.17) is 11.6 Å². The second-order valence-corrected chi connectivity index (χ2v) is 8.90. The van der Waals surface area contributed by atoms with Crippen molar-refractivity contribution in [2.45, 2.75) is 17.6 Å². The maximum atomic E-state index is 12.0. The van der Waals surface area contributed by atoms with Gasteiger partial charge in [-0.05, 0) is 28.4 Å². The molecule has 0 amide bonds. The zero-order valence-corrected chi connectivity index (χ0v) is 13.8. The molecule has 2 heterocycles. The van der Waals surface area contributed by atoms with Crippen LogP contribution in [0.25, 0.3) is 0 Å². The van der Waals surface area contributed by atoms with E-state index in [1.54, 1.807) is 0 Å². The molecule has 0 spiro atoms. The highest BCUT2D eigenvalue weighted by atomic mass is 79.9. The van der Waals surface area contributed by atoms with Gasteiger partial charge in [-0.1, -0.05) is 29.9 Å². The van der Waals surface area contributed by atoms with Gasteiger partial charge in [-0.2, -0.15) is 0 Å². The standard InChI is InChI=1S/C8H7BrClN3O2S3/c1-2-5-11-12-8(16-5)13-18(14,15)6-3-4(10)7(9)17-6/h3H,2H2,1H3,(H,12,13). The Bertz CT molecular complexity index is 647. The molecule has 5 nitrogen and oxygen atoms in total. The SMILES string of the molecule is CCc1nnc(NS(=O)(=O)c2cc(Cl)c(Br)s2)s1. The van der Waals surface area contributed by atoms with Crippen molar-refractivity contribution in [3.63, 3.8) is 0 Å². The lowest BCUT2D eigenvalue weighted by Gasteiger charge is -2.00. The number of aryl methyl sites for hydroxylation is 1. The molecule has 0 aromatic carbocycles. The molecule has 2 aromatic heterocycles. The summed E-state index contributed by atoms with van der Waals surface area (Å²) in [6.07, 6.45) is 0.718. The van der Waals surface area contributed by atoms with Crippen molar-refractivity contribution in [1.29, 1.82) is 0 Å². The summed E-state index contributed by atoms with van der Waals surface area (Å²) in [6, 6.07) is 1.39. The normalized spacial score (nSPS) is 11.7. The number of rotatable bonds is 4. The largest absolute Gasteiger partial charge is 0.273 e. The van der Waals surface area contributed by atoms with Gasteiger partial charge in [-0.3, -0.25) is 4.72 Å². The molecule has 0 saturated carbocycles.